The molecule has 0 saturated carbocycles. The fourth-order valence-corrected chi connectivity index (χ4v) is 2.06. The maximum atomic E-state index is 10.9. The van der Waals surface area contributed by atoms with Gasteiger partial charge in [0.15, 0.2) is 0 Å². The van der Waals surface area contributed by atoms with E-state index in [9.17, 15) is 9.90 Å². The molecule has 0 bridgehead atoms. The third-order valence-corrected chi connectivity index (χ3v) is 2.91. The van der Waals surface area contributed by atoms with Crippen LogP contribution in [0.2, 0.25) is 0 Å². The fourth-order valence-electron chi connectivity index (χ4n) is 2.06. The molecule has 80 valence electrons. The van der Waals surface area contributed by atoms with Crippen LogP contribution in [0.25, 0.3) is 0 Å². The molecule has 0 aliphatic carbocycles. The molecule has 1 heterocycles. The zero-order chi connectivity index (χ0) is 11.0. The summed E-state index contributed by atoms with van der Waals surface area (Å²) in [7, 11) is 0. The Morgan fingerprint density at radius 1 is 1.53 bits per heavy atom. The lowest BCUT2D eigenvalue weighted by atomic mass is 9.94. The van der Waals surface area contributed by atoms with E-state index in [-0.39, 0.29) is 11.8 Å². The fraction of sp³-hybridized carbons (Fsp3) is 0.364. The van der Waals surface area contributed by atoms with E-state index in [0.29, 0.717) is 13.0 Å². The first-order chi connectivity index (χ1) is 7.09. The van der Waals surface area contributed by atoms with Gasteiger partial charge in [-0.2, -0.15) is 0 Å². The molecule has 1 aromatic carbocycles. The molecule has 1 aromatic rings. The molecule has 0 aromatic heterocycles. The van der Waals surface area contributed by atoms with Crippen LogP contribution in [0.3, 0.4) is 0 Å². The van der Waals surface area contributed by atoms with Crippen molar-refractivity contribution in [1.82, 2.24) is 4.90 Å². The molecule has 4 nitrogen and oxygen atoms in total. The highest BCUT2D eigenvalue weighted by atomic mass is 16.4. The first-order valence-corrected chi connectivity index (χ1v) is 4.91. The number of aromatic hydroxyl groups is 1. The standard InChI is InChI=1S/C11H13NO3/c1-7-10-6-9(13)3-2-8(10)4-5-12(7)11(14)15/h2-3,6-7,13H,4-5H2,1H3,(H,14,15)/t7-/m0/s1. The van der Waals surface area contributed by atoms with Crippen LogP contribution in [0.5, 0.6) is 5.75 Å². The van der Waals surface area contributed by atoms with E-state index in [0.717, 1.165) is 11.1 Å². The Labute approximate surface area is 87.8 Å². The molecule has 0 spiro atoms. The van der Waals surface area contributed by atoms with Crippen LogP contribution < -0.4 is 0 Å². The van der Waals surface area contributed by atoms with E-state index in [4.69, 9.17) is 5.11 Å². The highest BCUT2D eigenvalue weighted by molar-refractivity contribution is 5.66. The number of phenols is 1. The Kier molecular flexibility index (Phi) is 2.26. The highest BCUT2D eigenvalue weighted by Gasteiger charge is 2.27. The summed E-state index contributed by atoms with van der Waals surface area (Å²) in [6.07, 6.45) is -0.191. The lowest BCUT2D eigenvalue weighted by Crippen LogP contribution is -2.37. The van der Waals surface area contributed by atoms with Crippen molar-refractivity contribution < 1.29 is 15.0 Å². The second-order valence-corrected chi connectivity index (χ2v) is 3.79. The van der Waals surface area contributed by atoms with E-state index in [1.165, 1.54) is 4.90 Å². The van der Waals surface area contributed by atoms with Crippen molar-refractivity contribution in [2.24, 2.45) is 0 Å². The molecule has 1 amide bonds. The first kappa shape index (κ1) is 9.83. The van der Waals surface area contributed by atoms with Gasteiger partial charge in [0, 0.05) is 6.54 Å². The predicted molar refractivity (Wildman–Crippen MR) is 55.0 cm³/mol. The van der Waals surface area contributed by atoms with E-state index in [1.807, 2.05) is 13.0 Å². The van der Waals surface area contributed by atoms with E-state index in [1.54, 1.807) is 12.1 Å². The number of carboxylic acid groups (broad SMARTS) is 1. The van der Waals surface area contributed by atoms with Crippen LogP contribution in [0, 0.1) is 0 Å². The number of carbonyl (C=O) groups is 1. The molecule has 0 fully saturated rings. The second kappa shape index (κ2) is 3.46. The Bertz CT molecular complexity index is 403. The quantitative estimate of drug-likeness (QED) is 0.683. The summed E-state index contributed by atoms with van der Waals surface area (Å²) in [5.41, 5.74) is 2.03. The summed E-state index contributed by atoms with van der Waals surface area (Å²) < 4.78 is 0. The van der Waals surface area contributed by atoms with Crippen molar-refractivity contribution in [2.75, 3.05) is 6.54 Å². The molecule has 2 rings (SSSR count). The van der Waals surface area contributed by atoms with Gasteiger partial charge < -0.3 is 15.1 Å². The van der Waals surface area contributed by atoms with Crippen molar-refractivity contribution in [3.63, 3.8) is 0 Å². The second-order valence-electron chi connectivity index (χ2n) is 3.79. The van der Waals surface area contributed by atoms with Gasteiger partial charge in [0.05, 0.1) is 6.04 Å². The van der Waals surface area contributed by atoms with Gasteiger partial charge in [0.25, 0.3) is 0 Å². The van der Waals surface area contributed by atoms with Gasteiger partial charge in [-0.1, -0.05) is 6.07 Å². The number of nitrogens with zero attached hydrogens (tertiary/aromatic N) is 1. The number of phenolic OH excluding ortho intramolecular Hbond substituents is 1. The zero-order valence-corrected chi connectivity index (χ0v) is 8.47. The summed E-state index contributed by atoms with van der Waals surface area (Å²) >= 11 is 0. The lowest BCUT2D eigenvalue weighted by molar-refractivity contribution is 0.124. The van der Waals surface area contributed by atoms with Crippen molar-refractivity contribution >= 4 is 6.09 Å². The van der Waals surface area contributed by atoms with E-state index < -0.39 is 6.09 Å². The van der Waals surface area contributed by atoms with E-state index >= 15 is 0 Å². The third-order valence-electron chi connectivity index (χ3n) is 2.91. The Morgan fingerprint density at radius 2 is 2.27 bits per heavy atom. The van der Waals surface area contributed by atoms with E-state index in [2.05, 4.69) is 0 Å². The maximum Gasteiger partial charge on any atom is 0.407 e. The molecule has 1 atom stereocenters. The van der Waals surface area contributed by atoms with Crippen molar-refractivity contribution in [2.45, 2.75) is 19.4 Å². The minimum atomic E-state index is -0.906. The number of amides is 1. The minimum Gasteiger partial charge on any atom is -0.508 e. The van der Waals surface area contributed by atoms with Gasteiger partial charge in [0.2, 0.25) is 0 Å². The molecule has 0 radical (unpaired) electrons. The van der Waals surface area contributed by atoms with Crippen molar-refractivity contribution in [1.29, 1.82) is 0 Å². The van der Waals surface area contributed by atoms with Gasteiger partial charge in [-0.15, -0.1) is 0 Å². The Hall–Kier alpha value is -1.71. The van der Waals surface area contributed by atoms with Gasteiger partial charge in [-0.25, -0.2) is 4.79 Å². The monoisotopic (exact) mass is 207 g/mol. The maximum absolute atomic E-state index is 10.9. The molecule has 4 heteroatoms. The number of hydrogen-bond donors (Lipinski definition) is 2. The third kappa shape index (κ3) is 1.63. The molecule has 1 aliphatic rings. The molecular weight excluding hydrogens is 194 g/mol. The predicted octanol–water partition coefficient (Wildman–Crippen LogP) is 1.99. The molecule has 0 saturated heterocycles. The summed E-state index contributed by atoms with van der Waals surface area (Å²) in [6, 6.07) is 4.97. The zero-order valence-electron chi connectivity index (χ0n) is 8.47. The SMILES string of the molecule is C[C@H]1c2cc(O)ccc2CCN1C(=O)O. The topological polar surface area (TPSA) is 60.8 Å². The van der Waals surface area contributed by atoms with Crippen LogP contribution in [0.4, 0.5) is 4.79 Å². The smallest absolute Gasteiger partial charge is 0.407 e. The van der Waals surface area contributed by atoms with Gasteiger partial charge in [-0.3, -0.25) is 0 Å². The van der Waals surface area contributed by atoms with Gasteiger partial charge >= 0.3 is 6.09 Å². The van der Waals surface area contributed by atoms with Crippen molar-refractivity contribution in [3.8, 4) is 5.75 Å². The van der Waals surface area contributed by atoms with Crippen LogP contribution >= 0.6 is 0 Å². The van der Waals surface area contributed by atoms with Crippen molar-refractivity contribution in [3.05, 3.63) is 29.3 Å². The lowest BCUT2D eigenvalue weighted by Gasteiger charge is -2.33. The average Bonchev–Trinajstić information content (AvgIpc) is 2.19. The van der Waals surface area contributed by atoms with Gasteiger partial charge in [-0.05, 0) is 36.6 Å². The molecule has 2 N–H and O–H groups in total. The number of hydrogen-bond acceptors (Lipinski definition) is 2. The normalized spacial score (nSPS) is 19.8. The van der Waals surface area contributed by atoms with Crippen LogP contribution in [-0.4, -0.2) is 27.8 Å². The summed E-state index contributed by atoms with van der Waals surface area (Å²) in [5.74, 6) is 0.188. The minimum absolute atomic E-state index is 0.182. The summed E-state index contributed by atoms with van der Waals surface area (Å²) in [5, 5.41) is 18.3. The number of rotatable bonds is 0. The summed E-state index contributed by atoms with van der Waals surface area (Å²) in [6.45, 7) is 2.36. The summed E-state index contributed by atoms with van der Waals surface area (Å²) in [4.78, 5) is 12.3. The van der Waals surface area contributed by atoms with Gasteiger partial charge in [0.1, 0.15) is 5.75 Å². The molecule has 15 heavy (non-hydrogen) atoms. The van der Waals surface area contributed by atoms with Crippen LogP contribution in [0.15, 0.2) is 18.2 Å². The number of fused-ring (bicyclic) bond motifs is 1. The molecule has 1 aliphatic heterocycles. The molecule has 0 unspecified atom stereocenters. The largest absolute Gasteiger partial charge is 0.508 e. The average molecular weight is 207 g/mol. The Balaban J connectivity index is 2.40. The first-order valence-electron chi connectivity index (χ1n) is 4.91. The molecular formula is C11H13NO3. The number of benzene rings is 1. The highest BCUT2D eigenvalue weighted by Crippen LogP contribution is 2.31. The van der Waals surface area contributed by atoms with Crippen LogP contribution in [-0.2, 0) is 6.42 Å². The Morgan fingerprint density at radius 3 is 2.93 bits per heavy atom. The van der Waals surface area contributed by atoms with Crippen LogP contribution in [0.1, 0.15) is 24.1 Å².